The number of hydrogen-bond acceptors (Lipinski definition) is 6. The number of likely N-dealkylation sites (tertiary alicyclic amines) is 1. The highest BCUT2D eigenvalue weighted by Crippen LogP contribution is 2.37. The summed E-state index contributed by atoms with van der Waals surface area (Å²) in [5.41, 5.74) is 0. The Bertz CT molecular complexity index is 897. The highest BCUT2D eigenvalue weighted by atomic mass is 32.2. The lowest BCUT2D eigenvalue weighted by Gasteiger charge is -2.35. The molecular formula is C22H32N2O6S. The number of amides is 1. The minimum atomic E-state index is -3.85. The molecule has 2 aliphatic heterocycles. The van der Waals surface area contributed by atoms with Crippen LogP contribution >= 0.6 is 0 Å². The summed E-state index contributed by atoms with van der Waals surface area (Å²) in [6, 6.07) is 2.98. The van der Waals surface area contributed by atoms with Gasteiger partial charge in [-0.15, -0.1) is 0 Å². The predicted octanol–water partition coefficient (Wildman–Crippen LogP) is 3.04. The van der Waals surface area contributed by atoms with Crippen LogP contribution in [0.3, 0.4) is 0 Å². The molecule has 1 aromatic heterocycles. The Morgan fingerprint density at radius 2 is 1.74 bits per heavy atom. The van der Waals surface area contributed by atoms with E-state index in [2.05, 4.69) is 4.90 Å². The molecule has 1 aliphatic carbocycles. The van der Waals surface area contributed by atoms with Crippen LogP contribution in [0.4, 0.5) is 0 Å². The number of ether oxygens (including phenoxy) is 1. The Balaban J connectivity index is 1.36. The quantitative estimate of drug-likeness (QED) is 0.616. The standard InChI is InChI=1S/C22H32N2O6S/c1-2-29-22(26)19-9-10-20(30-19)31(27,28)23-14-11-17(12-15-23)21(25)24-13-5-8-18(24)16-6-3-4-7-16/h9-10,16-18H,2-8,11-15H2,1H3. The van der Waals surface area contributed by atoms with Gasteiger partial charge in [0.15, 0.2) is 0 Å². The fourth-order valence-corrected chi connectivity index (χ4v) is 6.76. The first-order valence-corrected chi connectivity index (χ1v) is 12.9. The van der Waals surface area contributed by atoms with E-state index in [1.54, 1.807) is 6.92 Å². The molecule has 0 radical (unpaired) electrons. The van der Waals surface area contributed by atoms with E-state index in [0.717, 1.165) is 19.4 Å². The van der Waals surface area contributed by atoms with E-state index in [4.69, 9.17) is 9.15 Å². The summed E-state index contributed by atoms with van der Waals surface area (Å²) in [5.74, 6) is -0.0955. The highest BCUT2D eigenvalue weighted by molar-refractivity contribution is 7.89. The van der Waals surface area contributed by atoms with Crippen molar-refractivity contribution in [2.75, 3.05) is 26.2 Å². The van der Waals surface area contributed by atoms with E-state index in [1.165, 1.54) is 42.1 Å². The molecule has 3 fully saturated rings. The van der Waals surface area contributed by atoms with E-state index in [1.807, 2.05) is 0 Å². The number of furan rings is 1. The molecule has 1 amide bonds. The number of rotatable bonds is 6. The molecule has 31 heavy (non-hydrogen) atoms. The van der Waals surface area contributed by atoms with Gasteiger partial charge in [-0.05, 0) is 63.5 Å². The van der Waals surface area contributed by atoms with Crippen molar-refractivity contribution in [3.63, 3.8) is 0 Å². The van der Waals surface area contributed by atoms with Crippen molar-refractivity contribution in [2.45, 2.75) is 69.4 Å². The van der Waals surface area contributed by atoms with Crippen LogP contribution in [0.2, 0.25) is 0 Å². The number of nitrogens with zero attached hydrogens (tertiary/aromatic N) is 2. The second-order valence-electron chi connectivity index (χ2n) is 8.80. The van der Waals surface area contributed by atoms with Crippen molar-refractivity contribution >= 4 is 21.9 Å². The number of carbonyl (C=O) groups is 2. The van der Waals surface area contributed by atoms with Gasteiger partial charge in [-0.2, -0.15) is 4.31 Å². The smallest absolute Gasteiger partial charge is 0.374 e. The highest BCUT2D eigenvalue weighted by Gasteiger charge is 2.40. The Morgan fingerprint density at radius 1 is 1.03 bits per heavy atom. The van der Waals surface area contributed by atoms with Gasteiger partial charge < -0.3 is 14.1 Å². The monoisotopic (exact) mass is 452 g/mol. The Hall–Kier alpha value is -1.87. The summed E-state index contributed by atoms with van der Waals surface area (Å²) in [6.07, 6.45) is 8.18. The first-order valence-electron chi connectivity index (χ1n) is 11.5. The average molecular weight is 453 g/mol. The molecule has 172 valence electrons. The summed E-state index contributed by atoms with van der Waals surface area (Å²) in [5, 5.41) is -0.263. The molecule has 0 aromatic carbocycles. The number of carbonyl (C=O) groups excluding carboxylic acids is 2. The first kappa shape index (κ1) is 22.3. The van der Waals surface area contributed by atoms with E-state index >= 15 is 0 Å². The molecule has 2 saturated heterocycles. The lowest BCUT2D eigenvalue weighted by Crippen LogP contribution is -2.47. The van der Waals surface area contributed by atoms with Gasteiger partial charge in [-0.25, -0.2) is 13.2 Å². The lowest BCUT2D eigenvalue weighted by atomic mass is 9.92. The second-order valence-corrected chi connectivity index (χ2v) is 10.7. The van der Waals surface area contributed by atoms with Crippen LogP contribution in [0.15, 0.2) is 21.6 Å². The summed E-state index contributed by atoms with van der Waals surface area (Å²) in [6.45, 7) is 3.23. The van der Waals surface area contributed by atoms with Gasteiger partial charge in [0.25, 0.3) is 10.0 Å². The third kappa shape index (κ3) is 4.53. The molecule has 1 saturated carbocycles. The third-order valence-electron chi connectivity index (χ3n) is 6.98. The van der Waals surface area contributed by atoms with Crippen molar-refractivity contribution in [1.29, 1.82) is 0 Å². The molecular weight excluding hydrogens is 420 g/mol. The maximum Gasteiger partial charge on any atom is 0.374 e. The molecule has 3 aliphatic rings. The molecule has 0 bridgehead atoms. The van der Waals surface area contributed by atoms with E-state index in [-0.39, 0.29) is 42.4 Å². The van der Waals surface area contributed by atoms with Crippen LogP contribution < -0.4 is 0 Å². The van der Waals surface area contributed by atoms with Crippen LogP contribution in [-0.2, 0) is 19.6 Å². The fraction of sp³-hybridized carbons (Fsp3) is 0.727. The summed E-state index contributed by atoms with van der Waals surface area (Å²) >= 11 is 0. The van der Waals surface area contributed by atoms with Crippen molar-refractivity contribution in [3.8, 4) is 0 Å². The van der Waals surface area contributed by atoms with Crippen molar-refractivity contribution in [2.24, 2.45) is 11.8 Å². The van der Waals surface area contributed by atoms with Crippen LogP contribution in [-0.4, -0.2) is 61.8 Å². The zero-order valence-corrected chi connectivity index (χ0v) is 18.9. The molecule has 4 rings (SSSR count). The number of piperidine rings is 1. The van der Waals surface area contributed by atoms with Crippen LogP contribution in [0, 0.1) is 11.8 Å². The van der Waals surface area contributed by atoms with Gasteiger partial charge in [0, 0.05) is 31.6 Å². The molecule has 3 heterocycles. The number of sulfonamides is 1. The molecule has 0 N–H and O–H groups in total. The molecule has 1 atom stereocenters. The van der Waals surface area contributed by atoms with Crippen LogP contribution in [0.1, 0.15) is 68.8 Å². The maximum atomic E-state index is 13.2. The number of esters is 1. The Kier molecular flexibility index (Phi) is 6.71. The predicted molar refractivity (Wildman–Crippen MR) is 113 cm³/mol. The summed E-state index contributed by atoms with van der Waals surface area (Å²) in [7, 11) is -3.85. The Labute approximate surface area is 183 Å². The summed E-state index contributed by atoms with van der Waals surface area (Å²) < 4.78 is 37.3. The second kappa shape index (κ2) is 9.32. The number of hydrogen-bond donors (Lipinski definition) is 0. The van der Waals surface area contributed by atoms with Crippen molar-refractivity contribution in [3.05, 3.63) is 17.9 Å². The average Bonchev–Trinajstić information content (AvgIpc) is 3.54. The van der Waals surface area contributed by atoms with E-state index in [9.17, 15) is 18.0 Å². The molecule has 0 spiro atoms. The first-order chi connectivity index (χ1) is 14.9. The molecule has 9 heteroatoms. The minimum Gasteiger partial charge on any atom is -0.460 e. The van der Waals surface area contributed by atoms with E-state index < -0.39 is 16.0 Å². The minimum absolute atomic E-state index is 0.125. The van der Waals surface area contributed by atoms with Gasteiger partial charge >= 0.3 is 5.97 Å². The zero-order valence-electron chi connectivity index (χ0n) is 18.1. The SMILES string of the molecule is CCOC(=O)c1ccc(S(=O)(=O)N2CCC(C(=O)N3CCCC3C3CCCC3)CC2)o1. The van der Waals surface area contributed by atoms with Crippen molar-refractivity contribution in [1.82, 2.24) is 9.21 Å². The normalized spacial score (nSPS) is 24.0. The van der Waals surface area contributed by atoms with Gasteiger partial charge in [-0.1, -0.05) is 12.8 Å². The summed E-state index contributed by atoms with van der Waals surface area (Å²) in [4.78, 5) is 27.1. The topological polar surface area (TPSA) is 97.1 Å². The van der Waals surface area contributed by atoms with Gasteiger partial charge in [0.1, 0.15) is 0 Å². The van der Waals surface area contributed by atoms with Gasteiger partial charge in [0.2, 0.25) is 16.8 Å². The Morgan fingerprint density at radius 3 is 2.42 bits per heavy atom. The largest absolute Gasteiger partial charge is 0.460 e. The van der Waals surface area contributed by atoms with Crippen LogP contribution in [0.25, 0.3) is 0 Å². The fourth-order valence-electron chi connectivity index (χ4n) is 5.37. The molecule has 1 unspecified atom stereocenters. The zero-order chi connectivity index (χ0) is 22.0. The van der Waals surface area contributed by atoms with E-state index in [0.29, 0.717) is 24.8 Å². The van der Waals surface area contributed by atoms with Crippen LogP contribution in [0.5, 0.6) is 0 Å². The van der Waals surface area contributed by atoms with Crippen molar-refractivity contribution < 1.29 is 27.2 Å². The molecule has 1 aromatic rings. The van der Waals surface area contributed by atoms with Gasteiger partial charge in [0.05, 0.1) is 6.61 Å². The lowest BCUT2D eigenvalue weighted by molar-refractivity contribution is -0.138. The van der Waals surface area contributed by atoms with Gasteiger partial charge in [-0.3, -0.25) is 4.79 Å². The maximum absolute atomic E-state index is 13.2. The molecule has 8 nitrogen and oxygen atoms in total. The third-order valence-corrected chi connectivity index (χ3v) is 8.75.